The monoisotopic (exact) mass is 318 g/mol. The molecule has 0 radical (unpaired) electrons. The third-order valence-electron chi connectivity index (χ3n) is 4.08. The number of carbonyl (C=O) groups is 1. The summed E-state index contributed by atoms with van der Waals surface area (Å²) in [5, 5.41) is 7.60. The third-order valence-corrected chi connectivity index (χ3v) is 6.85. The Kier molecular flexibility index (Phi) is 7.54. The van der Waals surface area contributed by atoms with Gasteiger partial charge in [0.25, 0.3) is 0 Å². The number of ether oxygens (including phenoxy) is 1. The van der Waals surface area contributed by atoms with Crippen molar-refractivity contribution in [2.75, 3.05) is 21.3 Å². The minimum atomic E-state index is -2.35. The summed E-state index contributed by atoms with van der Waals surface area (Å²) in [6.07, 6.45) is 6.84. The van der Waals surface area contributed by atoms with E-state index in [9.17, 15) is 4.79 Å². The SMILES string of the molecule is C=CC(=O)O.CO[Si](CCC1CCC2OC2C1)(OC)OC. The smallest absolute Gasteiger partial charge is 0.478 e. The minimum Gasteiger partial charge on any atom is -0.478 e. The Balaban J connectivity index is 0.000000383. The lowest BCUT2D eigenvalue weighted by Gasteiger charge is -2.27. The Morgan fingerprint density at radius 1 is 1.29 bits per heavy atom. The van der Waals surface area contributed by atoms with E-state index >= 15 is 0 Å². The zero-order valence-electron chi connectivity index (χ0n) is 13.0. The van der Waals surface area contributed by atoms with Crippen molar-refractivity contribution < 1.29 is 27.9 Å². The van der Waals surface area contributed by atoms with E-state index in [2.05, 4.69) is 6.58 Å². The highest BCUT2D eigenvalue weighted by atomic mass is 28.4. The lowest BCUT2D eigenvalue weighted by atomic mass is 9.88. The highest BCUT2D eigenvalue weighted by Gasteiger charge is 2.45. The maximum atomic E-state index is 9.25. The van der Waals surface area contributed by atoms with Crippen LogP contribution in [0.25, 0.3) is 0 Å². The lowest BCUT2D eigenvalue weighted by Crippen LogP contribution is -2.43. The molecular formula is C14H26O6Si. The number of carboxylic acid groups (broad SMARTS) is 1. The molecular weight excluding hydrogens is 292 g/mol. The quantitative estimate of drug-likeness (QED) is 0.440. The largest absolute Gasteiger partial charge is 0.500 e. The van der Waals surface area contributed by atoms with Gasteiger partial charge in [0, 0.05) is 33.4 Å². The van der Waals surface area contributed by atoms with Crippen LogP contribution in [0.4, 0.5) is 0 Å². The molecule has 2 aliphatic rings. The second-order valence-electron chi connectivity index (χ2n) is 5.27. The van der Waals surface area contributed by atoms with Gasteiger partial charge in [0.1, 0.15) is 0 Å². The molecule has 3 atom stereocenters. The molecule has 21 heavy (non-hydrogen) atoms. The summed E-state index contributed by atoms with van der Waals surface area (Å²) in [6.45, 7) is 2.96. The van der Waals surface area contributed by atoms with E-state index in [0.717, 1.165) is 24.5 Å². The molecule has 7 heteroatoms. The summed E-state index contributed by atoms with van der Waals surface area (Å²) < 4.78 is 21.8. The topological polar surface area (TPSA) is 77.5 Å². The molecule has 0 aromatic carbocycles. The molecule has 0 aromatic rings. The molecule has 3 unspecified atom stereocenters. The second kappa shape index (κ2) is 8.65. The Bertz CT molecular complexity index is 336. The Labute approximate surface area is 127 Å². The van der Waals surface area contributed by atoms with E-state index in [4.69, 9.17) is 23.1 Å². The first kappa shape index (κ1) is 18.3. The average molecular weight is 318 g/mol. The summed E-state index contributed by atoms with van der Waals surface area (Å²) in [6, 6.07) is 0.915. The van der Waals surface area contributed by atoms with Crippen molar-refractivity contribution in [2.24, 2.45) is 5.92 Å². The van der Waals surface area contributed by atoms with Crippen LogP contribution in [0.15, 0.2) is 12.7 Å². The highest BCUT2D eigenvalue weighted by molar-refractivity contribution is 6.60. The first-order valence-corrected chi connectivity index (χ1v) is 9.09. The molecule has 1 saturated carbocycles. The Hall–Kier alpha value is -0.733. The van der Waals surface area contributed by atoms with E-state index in [0.29, 0.717) is 12.2 Å². The van der Waals surface area contributed by atoms with E-state index in [1.165, 1.54) is 19.3 Å². The molecule has 6 nitrogen and oxygen atoms in total. The zero-order valence-corrected chi connectivity index (χ0v) is 14.0. The molecule has 1 N–H and O–H groups in total. The minimum absolute atomic E-state index is 0.558. The van der Waals surface area contributed by atoms with Gasteiger partial charge in [0.2, 0.25) is 0 Å². The molecule has 0 bridgehead atoms. The maximum Gasteiger partial charge on any atom is 0.500 e. The van der Waals surface area contributed by atoms with Crippen molar-refractivity contribution in [1.29, 1.82) is 0 Å². The fourth-order valence-electron chi connectivity index (χ4n) is 2.69. The molecule has 1 aliphatic carbocycles. The molecule has 2 fully saturated rings. The van der Waals surface area contributed by atoms with Gasteiger partial charge in [-0.05, 0) is 31.6 Å². The summed E-state index contributed by atoms with van der Waals surface area (Å²) in [5.74, 6) is -0.221. The van der Waals surface area contributed by atoms with Crippen molar-refractivity contribution in [1.82, 2.24) is 0 Å². The van der Waals surface area contributed by atoms with Gasteiger partial charge in [-0.2, -0.15) is 0 Å². The van der Waals surface area contributed by atoms with Crippen molar-refractivity contribution in [2.45, 2.75) is 43.9 Å². The molecule has 1 heterocycles. The van der Waals surface area contributed by atoms with Crippen molar-refractivity contribution in [3.63, 3.8) is 0 Å². The number of hydrogen-bond donors (Lipinski definition) is 1. The first-order valence-electron chi connectivity index (χ1n) is 7.16. The van der Waals surface area contributed by atoms with Gasteiger partial charge < -0.3 is 23.1 Å². The predicted octanol–water partition coefficient (Wildman–Crippen LogP) is 2.08. The first-order chi connectivity index (χ1) is 10.00. The number of rotatable bonds is 7. The van der Waals surface area contributed by atoms with Crippen LogP contribution in [0, 0.1) is 5.92 Å². The summed E-state index contributed by atoms with van der Waals surface area (Å²) in [5.41, 5.74) is 0. The summed E-state index contributed by atoms with van der Waals surface area (Å²) in [7, 11) is 2.69. The van der Waals surface area contributed by atoms with Gasteiger partial charge in [-0.1, -0.05) is 6.58 Å². The fraction of sp³-hybridized carbons (Fsp3) is 0.786. The number of aliphatic carboxylic acids is 1. The fourth-order valence-corrected chi connectivity index (χ4v) is 4.56. The van der Waals surface area contributed by atoms with E-state index in [1.54, 1.807) is 21.3 Å². The lowest BCUT2D eigenvalue weighted by molar-refractivity contribution is -0.131. The van der Waals surface area contributed by atoms with Crippen molar-refractivity contribution in [3.8, 4) is 0 Å². The van der Waals surface area contributed by atoms with Gasteiger partial charge in [0.15, 0.2) is 0 Å². The highest BCUT2D eigenvalue weighted by Crippen LogP contribution is 2.41. The molecule has 0 amide bonds. The number of carboxylic acids is 1. The molecule has 0 aromatic heterocycles. The van der Waals surface area contributed by atoms with Gasteiger partial charge in [-0.15, -0.1) is 0 Å². The standard InChI is InChI=1S/C11H22O4Si.C3H4O2/c1-12-16(13-2,14-3)7-6-9-4-5-10-11(8-9)15-10;1-2-3(4)5/h9-11H,4-8H2,1-3H3;2H,1H2,(H,4,5). The van der Waals surface area contributed by atoms with E-state index in [1.807, 2.05) is 0 Å². The van der Waals surface area contributed by atoms with Crippen LogP contribution in [-0.2, 0) is 22.8 Å². The van der Waals surface area contributed by atoms with Crippen LogP contribution in [-0.4, -0.2) is 53.4 Å². The Morgan fingerprint density at radius 3 is 2.29 bits per heavy atom. The molecule has 2 rings (SSSR count). The summed E-state index contributed by atoms with van der Waals surface area (Å²) in [4.78, 5) is 9.25. The number of hydrogen-bond acceptors (Lipinski definition) is 5. The van der Waals surface area contributed by atoms with Gasteiger partial charge >= 0.3 is 14.8 Å². The Morgan fingerprint density at radius 2 is 1.86 bits per heavy atom. The van der Waals surface area contributed by atoms with Crippen LogP contribution in [0.3, 0.4) is 0 Å². The maximum absolute atomic E-state index is 9.25. The zero-order chi connectivity index (χ0) is 15.9. The average Bonchev–Trinajstić information content (AvgIpc) is 3.28. The normalized spacial score (nSPS) is 27.1. The van der Waals surface area contributed by atoms with Crippen molar-refractivity contribution in [3.05, 3.63) is 12.7 Å². The van der Waals surface area contributed by atoms with Crippen LogP contribution in [0.2, 0.25) is 6.04 Å². The molecule has 0 spiro atoms. The van der Waals surface area contributed by atoms with Crippen LogP contribution in [0.5, 0.6) is 0 Å². The van der Waals surface area contributed by atoms with Gasteiger partial charge in [0.05, 0.1) is 12.2 Å². The number of fused-ring (bicyclic) bond motifs is 1. The van der Waals surface area contributed by atoms with Gasteiger partial charge in [-0.3, -0.25) is 0 Å². The molecule has 1 aliphatic heterocycles. The summed E-state index contributed by atoms with van der Waals surface area (Å²) >= 11 is 0. The van der Waals surface area contributed by atoms with E-state index in [-0.39, 0.29) is 0 Å². The molecule has 122 valence electrons. The second-order valence-corrected chi connectivity index (χ2v) is 8.36. The van der Waals surface area contributed by atoms with Gasteiger partial charge in [-0.25, -0.2) is 4.79 Å². The van der Waals surface area contributed by atoms with Crippen LogP contribution >= 0.6 is 0 Å². The van der Waals surface area contributed by atoms with Crippen LogP contribution < -0.4 is 0 Å². The number of epoxide rings is 1. The third kappa shape index (κ3) is 5.88. The van der Waals surface area contributed by atoms with Crippen LogP contribution in [0.1, 0.15) is 25.7 Å². The predicted molar refractivity (Wildman–Crippen MR) is 80.0 cm³/mol. The molecule has 1 saturated heterocycles. The van der Waals surface area contributed by atoms with Crippen molar-refractivity contribution >= 4 is 14.8 Å². The van der Waals surface area contributed by atoms with E-state index < -0.39 is 14.8 Å².